The van der Waals surface area contributed by atoms with E-state index in [1.54, 1.807) is 0 Å². The maximum absolute atomic E-state index is 4.86. The number of nitrogens with zero attached hydrogens (tertiary/aromatic N) is 3. The Hall–Kier alpha value is -1.20. The molecule has 0 amide bonds. The van der Waals surface area contributed by atoms with Gasteiger partial charge in [0.05, 0.1) is 5.69 Å². The Morgan fingerprint density at radius 3 is 3.00 bits per heavy atom. The van der Waals surface area contributed by atoms with E-state index in [1.807, 2.05) is 13.1 Å². The smallest absolute Gasteiger partial charge is 0.152 e. The number of hydrogen-bond acceptors (Lipinski definition) is 4. The molecule has 1 N–H and O–H groups in total. The summed E-state index contributed by atoms with van der Waals surface area (Å²) < 4.78 is 2.49. The van der Waals surface area contributed by atoms with Gasteiger partial charge in [-0.1, -0.05) is 6.07 Å². The van der Waals surface area contributed by atoms with Gasteiger partial charge in [-0.3, -0.25) is 0 Å². The minimum Gasteiger partial charge on any atom is -0.353 e. The highest BCUT2D eigenvalue weighted by Gasteiger charge is 2.29. The average molecular weight is 290 g/mol. The van der Waals surface area contributed by atoms with E-state index in [9.17, 15) is 0 Å². The molecule has 5 heteroatoms. The molecule has 0 atom stereocenters. The van der Waals surface area contributed by atoms with Gasteiger partial charge in [-0.2, -0.15) is 11.8 Å². The largest absolute Gasteiger partial charge is 0.353 e. The molecule has 0 radical (unpaired) electrons. The van der Waals surface area contributed by atoms with Gasteiger partial charge < -0.3 is 14.6 Å². The summed E-state index contributed by atoms with van der Waals surface area (Å²) in [6, 6.07) is 6.19. The van der Waals surface area contributed by atoms with Crippen molar-refractivity contribution in [2.75, 3.05) is 30.8 Å². The molecule has 2 aromatic heterocycles. The summed E-state index contributed by atoms with van der Waals surface area (Å²) >= 11 is 2.05. The molecule has 0 aliphatic carbocycles. The number of thioether (sulfide) groups is 1. The average Bonchev–Trinajstić information content (AvgIpc) is 2.77. The first kappa shape index (κ1) is 13.8. The molecule has 2 aromatic rings. The van der Waals surface area contributed by atoms with Crippen LogP contribution >= 0.6 is 11.8 Å². The lowest BCUT2D eigenvalue weighted by Gasteiger charge is -2.38. The Morgan fingerprint density at radius 1 is 1.40 bits per heavy atom. The molecular formula is C15H22N4S. The fraction of sp³-hybridized carbons (Fsp3) is 0.533. The van der Waals surface area contributed by atoms with Crippen molar-refractivity contribution in [3.05, 3.63) is 30.1 Å². The number of rotatable bonds is 3. The Balaban J connectivity index is 2.03. The zero-order valence-electron chi connectivity index (χ0n) is 12.4. The highest BCUT2D eigenvalue weighted by atomic mass is 32.2. The monoisotopic (exact) mass is 290 g/mol. The Bertz CT molecular complexity index is 605. The van der Waals surface area contributed by atoms with E-state index in [0.29, 0.717) is 4.75 Å². The summed E-state index contributed by atoms with van der Waals surface area (Å²) in [4.78, 5) is 7.30. The Morgan fingerprint density at radius 2 is 2.25 bits per heavy atom. The molecule has 3 heterocycles. The molecule has 20 heavy (non-hydrogen) atoms. The van der Waals surface area contributed by atoms with Crippen LogP contribution in [0.25, 0.3) is 5.65 Å². The van der Waals surface area contributed by atoms with Crippen LogP contribution in [0.4, 0.5) is 5.82 Å². The number of fused-ring (bicyclic) bond motifs is 1. The van der Waals surface area contributed by atoms with Gasteiger partial charge >= 0.3 is 0 Å². The predicted molar refractivity (Wildman–Crippen MR) is 86.7 cm³/mol. The second-order valence-electron chi connectivity index (χ2n) is 5.87. The molecule has 1 aliphatic rings. The molecule has 0 bridgehead atoms. The van der Waals surface area contributed by atoms with Crippen molar-refractivity contribution in [3.63, 3.8) is 0 Å². The first-order valence-corrected chi connectivity index (χ1v) is 8.09. The molecule has 1 fully saturated rings. The molecule has 1 aliphatic heterocycles. The van der Waals surface area contributed by atoms with Crippen LogP contribution < -0.4 is 10.2 Å². The van der Waals surface area contributed by atoms with Crippen molar-refractivity contribution < 1.29 is 0 Å². The van der Waals surface area contributed by atoms with Crippen LogP contribution in [0.2, 0.25) is 0 Å². The molecule has 108 valence electrons. The van der Waals surface area contributed by atoms with Crippen molar-refractivity contribution in [3.8, 4) is 0 Å². The lowest BCUT2D eigenvalue weighted by molar-refractivity contribution is 0.638. The fourth-order valence-corrected chi connectivity index (χ4v) is 3.93. The van der Waals surface area contributed by atoms with Gasteiger partial charge in [0.15, 0.2) is 5.82 Å². The van der Waals surface area contributed by atoms with Crippen molar-refractivity contribution >= 4 is 23.2 Å². The fourth-order valence-electron chi connectivity index (χ4n) is 2.82. The van der Waals surface area contributed by atoms with Crippen LogP contribution in [0.5, 0.6) is 0 Å². The summed E-state index contributed by atoms with van der Waals surface area (Å²) in [5.74, 6) is 2.30. The molecule has 0 unspecified atom stereocenters. The SMILES string of the molecule is CNCc1c(N2CCSC(C)(C)C2)nc2ccccn12. The van der Waals surface area contributed by atoms with Crippen LogP contribution in [0.15, 0.2) is 24.4 Å². The minimum absolute atomic E-state index is 0.297. The van der Waals surface area contributed by atoms with E-state index in [1.165, 1.54) is 11.4 Å². The Kier molecular flexibility index (Phi) is 3.65. The quantitative estimate of drug-likeness (QED) is 0.941. The van der Waals surface area contributed by atoms with Gasteiger partial charge in [0.1, 0.15) is 5.65 Å². The third-order valence-corrected chi connectivity index (χ3v) is 4.97. The van der Waals surface area contributed by atoms with Gasteiger partial charge in [0.2, 0.25) is 0 Å². The van der Waals surface area contributed by atoms with E-state index in [2.05, 4.69) is 58.6 Å². The van der Waals surface area contributed by atoms with Crippen LogP contribution in [0.1, 0.15) is 19.5 Å². The van der Waals surface area contributed by atoms with Gasteiger partial charge in [0, 0.05) is 36.3 Å². The third kappa shape index (κ3) is 2.52. The van der Waals surface area contributed by atoms with E-state index in [0.717, 1.165) is 31.1 Å². The number of nitrogens with one attached hydrogen (secondary N) is 1. The zero-order chi connectivity index (χ0) is 14.2. The van der Waals surface area contributed by atoms with E-state index in [4.69, 9.17) is 4.98 Å². The van der Waals surface area contributed by atoms with Crippen LogP contribution in [0, 0.1) is 0 Å². The van der Waals surface area contributed by atoms with Crippen molar-refractivity contribution in [1.82, 2.24) is 14.7 Å². The topological polar surface area (TPSA) is 32.6 Å². The summed E-state index contributed by atoms with van der Waals surface area (Å²) in [5, 5.41) is 3.27. The zero-order valence-corrected chi connectivity index (χ0v) is 13.2. The first-order chi connectivity index (χ1) is 9.61. The highest BCUT2D eigenvalue weighted by Crippen LogP contribution is 2.33. The standard InChI is InChI=1S/C15H22N4S/c1-15(2)11-18(8-9-20-15)14-12(10-16-3)19-7-5-4-6-13(19)17-14/h4-7,16H,8-11H2,1-3H3. The molecule has 0 aromatic carbocycles. The molecule has 3 rings (SSSR count). The summed E-state index contributed by atoms with van der Waals surface area (Å²) in [6.45, 7) is 7.60. The van der Waals surface area contributed by atoms with Gasteiger partial charge in [-0.15, -0.1) is 0 Å². The Labute approximate surface area is 124 Å². The predicted octanol–water partition coefficient (Wildman–Crippen LogP) is 2.39. The second kappa shape index (κ2) is 5.30. The van der Waals surface area contributed by atoms with Crippen molar-refractivity contribution in [1.29, 1.82) is 0 Å². The van der Waals surface area contributed by atoms with E-state index < -0.39 is 0 Å². The molecule has 1 saturated heterocycles. The van der Waals surface area contributed by atoms with Crippen molar-refractivity contribution in [2.24, 2.45) is 0 Å². The third-order valence-electron chi connectivity index (χ3n) is 3.68. The van der Waals surface area contributed by atoms with Gasteiger partial charge in [0.25, 0.3) is 0 Å². The number of imidazole rings is 1. The summed E-state index contributed by atoms with van der Waals surface area (Å²) in [6.07, 6.45) is 2.10. The molecule has 0 spiro atoms. The van der Waals surface area contributed by atoms with Crippen molar-refractivity contribution in [2.45, 2.75) is 25.1 Å². The molecule has 0 saturated carbocycles. The van der Waals surface area contributed by atoms with E-state index in [-0.39, 0.29) is 0 Å². The second-order valence-corrected chi connectivity index (χ2v) is 7.67. The summed E-state index contributed by atoms with van der Waals surface area (Å²) in [5.41, 5.74) is 2.29. The lowest BCUT2D eigenvalue weighted by Crippen LogP contribution is -2.43. The number of hydrogen-bond donors (Lipinski definition) is 1. The maximum atomic E-state index is 4.86. The van der Waals surface area contributed by atoms with Crippen LogP contribution in [-0.2, 0) is 6.54 Å². The van der Waals surface area contributed by atoms with Gasteiger partial charge in [-0.25, -0.2) is 4.98 Å². The first-order valence-electron chi connectivity index (χ1n) is 7.10. The highest BCUT2D eigenvalue weighted by molar-refractivity contribution is 8.00. The number of anilines is 1. The molecular weight excluding hydrogens is 268 g/mol. The molecule has 4 nitrogen and oxygen atoms in total. The minimum atomic E-state index is 0.297. The van der Waals surface area contributed by atoms with E-state index >= 15 is 0 Å². The number of pyridine rings is 1. The normalized spacial score (nSPS) is 18.6. The van der Waals surface area contributed by atoms with Crippen LogP contribution in [0.3, 0.4) is 0 Å². The summed E-state index contributed by atoms with van der Waals surface area (Å²) in [7, 11) is 1.99. The lowest BCUT2D eigenvalue weighted by atomic mass is 10.2. The van der Waals surface area contributed by atoms with Gasteiger partial charge in [-0.05, 0) is 33.0 Å². The van der Waals surface area contributed by atoms with Crippen LogP contribution in [-0.4, -0.2) is 40.0 Å². The maximum Gasteiger partial charge on any atom is 0.152 e. The number of aromatic nitrogens is 2.